The van der Waals surface area contributed by atoms with Crippen LogP contribution in [0.3, 0.4) is 0 Å². The van der Waals surface area contributed by atoms with Crippen LogP contribution in [0, 0.1) is 0 Å². The van der Waals surface area contributed by atoms with Crippen molar-refractivity contribution in [2.45, 2.75) is 25.3 Å². The minimum absolute atomic E-state index is 0.196. The van der Waals surface area contributed by atoms with Crippen molar-refractivity contribution in [1.82, 2.24) is 5.43 Å². The van der Waals surface area contributed by atoms with Gasteiger partial charge in [0.25, 0.3) is 0 Å². The second kappa shape index (κ2) is 6.34. The summed E-state index contributed by atoms with van der Waals surface area (Å²) in [5, 5.41) is 0. The van der Waals surface area contributed by atoms with Crippen molar-refractivity contribution in [1.29, 1.82) is 0 Å². The highest BCUT2D eigenvalue weighted by Crippen LogP contribution is 2.27. The first kappa shape index (κ1) is 12.8. The molecule has 0 radical (unpaired) electrons. The van der Waals surface area contributed by atoms with Gasteiger partial charge in [0.1, 0.15) is 0 Å². The smallest absolute Gasteiger partial charge is 0.0465 e. The lowest BCUT2D eigenvalue weighted by Gasteiger charge is -2.21. The summed E-state index contributed by atoms with van der Waals surface area (Å²) in [4.78, 5) is 0. The van der Waals surface area contributed by atoms with Gasteiger partial charge in [0.2, 0.25) is 0 Å². The molecule has 2 heteroatoms. The van der Waals surface area contributed by atoms with Crippen LogP contribution in [-0.2, 0) is 0 Å². The zero-order valence-corrected chi connectivity index (χ0v) is 10.7. The summed E-state index contributed by atoms with van der Waals surface area (Å²) in [6.45, 7) is 2.24. The normalized spacial score (nSPS) is 14.1. The van der Waals surface area contributed by atoms with Crippen molar-refractivity contribution in [2.75, 3.05) is 0 Å². The summed E-state index contributed by atoms with van der Waals surface area (Å²) in [6, 6.07) is 21.1. The number of rotatable bonds is 5. The lowest BCUT2D eigenvalue weighted by molar-refractivity contribution is 0.477. The van der Waals surface area contributed by atoms with E-state index in [2.05, 4.69) is 48.7 Å². The maximum absolute atomic E-state index is 5.68. The number of hydrogen-bond acceptors (Lipinski definition) is 2. The van der Waals surface area contributed by atoms with Crippen LogP contribution in [-0.4, -0.2) is 0 Å². The summed E-state index contributed by atoms with van der Waals surface area (Å²) in [7, 11) is 0. The molecule has 0 aliphatic heterocycles. The van der Waals surface area contributed by atoms with Crippen LogP contribution >= 0.6 is 0 Å². The van der Waals surface area contributed by atoms with Crippen molar-refractivity contribution in [3.05, 3.63) is 71.8 Å². The number of nitrogens with one attached hydrogen (secondary N) is 1. The molecular formula is C16H20N2. The molecule has 2 atom stereocenters. The van der Waals surface area contributed by atoms with E-state index in [1.807, 2.05) is 24.3 Å². The minimum Gasteiger partial charge on any atom is -0.271 e. The van der Waals surface area contributed by atoms with Crippen molar-refractivity contribution in [3.63, 3.8) is 0 Å². The number of benzene rings is 2. The van der Waals surface area contributed by atoms with E-state index < -0.39 is 0 Å². The zero-order chi connectivity index (χ0) is 12.8. The molecule has 0 unspecified atom stereocenters. The minimum atomic E-state index is 0.196. The average Bonchev–Trinajstić information content (AvgIpc) is 2.46. The zero-order valence-electron chi connectivity index (χ0n) is 10.7. The predicted molar refractivity (Wildman–Crippen MR) is 76.0 cm³/mol. The van der Waals surface area contributed by atoms with E-state index in [0.717, 1.165) is 6.42 Å². The maximum atomic E-state index is 5.68. The molecule has 2 nitrogen and oxygen atoms in total. The Morgan fingerprint density at radius 3 is 1.89 bits per heavy atom. The lowest BCUT2D eigenvalue weighted by atomic mass is 9.91. The highest BCUT2D eigenvalue weighted by molar-refractivity contribution is 5.22. The first-order valence-electron chi connectivity index (χ1n) is 6.37. The molecule has 3 N–H and O–H groups in total. The van der Waals surface area contributed by atoms with Gasteiger partial charge in [0, 0.05) is 6.04 Å². The first-order chi connectivity index (χ1) is 8.81. The van der Waals surface area contributed by atoms with Gasteiger partial charge in [-0.2, -0.15) is 0 Å². The lowest BCUT2D eigenvalue weighted by Crippen LogP contribution is -2.29. The van der Waals surface area contributed by atoms with Gasteiger partial charge < -0.3 is 0 Å². The van der Waals surface area contributed by atoms with Gasteiger partial charge in [0.05, 0.1) is 0 Å². The van der Waals surface area contributed by atoms with Gasteiger partial charge in [-0.1, -0.05) is 67.6 Å². The topological polar surface area (TPSA) is 38.0 Å². The van der Waals surface area contributed by atoms with Crippen molar-refractivity contribution in [2.24, 2.45) is 5.84 Å². The van der Waals surface area contributed by atoms with Crippen molar-refractivity contribution < 1.29 is 0 Å². The van der Waals surface area contributed by atoms with E-state index in [1.165, 1.54) is 11.1 Å². The van der Waals surface area contributed by atoms with Gasteiger partial charge in [-0.3, -0.25) is 11.3 Å². The molecule has 0 spiro atoms. The van der Waals surface area contributed by atoms with Gasteiger partial charge in [-0.15, -0.1) is 0 Å². The van der Waals surface area contributed by atoms with Crippen molar-refractivity contribution >= 4 is 0 Å². The molecule has 18 heavy (non-hydrogen) atoms. The van der Waals surface area contributed by atoms with E-state index in [1.54, 1.807) is 0 Å². The van der Waals surface area contributed by atoms with Crippen molar-refractivity contribution in [3.8, 4) is 0 Å². The molecular weight excluding hydrogens is 220 g/mol. The van der Waals surface area contributed by atoms with E-state index in [4.69, 9.17) is 5.84 Å². The predicted octanol–water partition coefficient (Wildman–Crippen LogP) is 3.38. The third kappa shape index (κ3) is 3.19. The number of nitrogens with two attached hydrogens (primary N) is 1. The van der Waals surface area contributed by atoms with Crippen LogP contribution in [0.4, 0.5) is 0 Å². The SMILES string of the molecule is C[C@@H](C[C@H](NN)c1ccccc1)c1ccccc1. The summed E-state index contributed by atoms with van der Waals surface area (Å²) >= 11 is 0. The summed E-state index contributed by atoms with van der Waals surface area (Å²) in [6.07, 6.45) is 0.991. The fraction of sp³-hybridized carbons (Fsp3) is 0.250. The fourth-order valence-corrected chi connectivity index (χ4v) is 2.26. The molecule has 2 aromatic carbocycles. The number of hydrazine groups is 1. The Morgan fingerprint density at radius 1 is 0.889 bits per heavy atom. The third-order valence-corrected chi connectivity index (χ3v) is 3.36. The second-order valence-corrected chi connectivity index (χ2v) is 4.68. The van der Waals surface area contributed by atoms with E-state index in [9.17, 15) is 0 Å². The van der Waals surface area contributed by atoms with Gasteiger partial charge >= 0.3 is 0 Å². The molecule has 0 aliphatic carbocycles. The molecule has 2 aromatic rings. The Kier molecular flexibility index (Phi) is 4.51. The largest absolute Gasteiger partial charge is 0.271 e. The van der Waals surface area contributed by atoms with Crippen LogP contribution in [0.15, 0.2) is 60.7 Å². The maximum Gasteiger partial charge on any atom is 0.0465 e. The Bertz CT molecular complexity index is 453. The Morgan fingerprint density at radius 2 is 1.39 bits per heavy atom. The molecule has 0 fully saturated rings. The average molecular weight is 240 g/mol. The highest BCUT2D eigenvalue weighted by atomic mass is 15.2. The Balaban J connectivity index is 2.07. The highest BCUT2D eigenvalue weighted by Gasteiger charge is 2.14. The molecule has 0 amide bonds. The first-order valence-corrected chi connectivity index (χ1v) is 6.37. The van der Waals surface area contributed by atoms with Gasteiger partial charge in [0.15, 0.2) is 0 Å². The van der Waals surface area contributed by atoms with Gasteiger partial charge in [-0.05, 0) is 23.5 Å². The van der Waals surface area contributed by atoms with Crippen LogP contribution in [0.2, 0.25) is 0 Å². The number of hydrogen-bond donors (Lipinski definition) is 2. The van der Waals surface area contributed by atoms with Crippen LogP contribution < -0.4 is 11.3 Å². The van der Waals surface area contributed by atoms with E-state index in [0.29, 0.717) is 5.92 Å². The third-order valence-electron chi connectivity index (χ3n) is 3.36. The van der Waals surface area contributed by atoms with E-state index in [-0.39, 0.29) is 6.04 Å². The fourth-order valence-electron chi connectivity index (χ4n) is 2.26. The summed E-state index contributed by atoms with van der Waals surface area (Å²) < 4.78 is 0. The molecule has 0 bridgehead atoms. The van der Waals surface area contributed by atoms with Gasteiger partial charge in [-0.25, -0.2) is 0 Å². The second-order valence-electron chi connectivity index (χ2n) is 4.68. The standard InChI is InChI=1S/C16H20N2/c1-13(14-8-4-2-5-9-14)12-16(18-17)15-10-6-3-7-11-15/h2-11,13,16,18H,12,17H2,1H3/t13-,16-/m0/s1. The molecule has 0 heterocycles. The molecule has 0 aromatic heterocycles. The Hall–Kier alpha value is -1.64. The Labute approximate surface area is 109 Å². The quantitative estimate of drug-likeness (QED) is 0.621. The van der Waals surface area contributed by atoms with E-state index >= 15 is 0 Å². The molecule has 94 valence electrons. The monoisotopic (exact) mass is 240 g/mol. The van der Waals surface area contributed by atoms with Crippen LogP contribution in [0.25, 0.3) is 0 Å². The molecule has 0 saturated heterocycles. The molecule has 0 saturated carbocycles. The van der Waals surface area contributed by atoms with Crippen LogP contribution in [0.1, 0.15) is 36.4 Å². The van der Waals surface area contributed by atoms with Crippen LogP contribution in [0.5, 0.6) is 0 Å². The molecule has 0 aliphatic rings. The summed E-state index contributed by atoms with van der Waals surface area (Å²) in [5.41, 5.74) is 5.51. The summed E-state index contributed by atoms with van der Waals surface area (Å²) in [5.74, 6) is 6.16. The molecule has 2 rings (SSSR count).